The van der Waals surface area contributed by atoms with Crippen molar-refractivity contribution in [2.24, 2.45) is 5.92 Å². The fourth-order valence-corrected chi connectivity index (χ4v) is 3.41. The number of unbranched alkanes of at least 4 members (excludes halogenated alkanes) is 3. The summed E-state index contributed by atoms with van der Waals surface area (Å²) in [6.45, 7) is 23.0. The first-order valence-electron chi connectivity index (χ1n) is 16.7. The monoisotopic (exact) mass is 715 g/mol. The predicted octanol–water partition coefficient (Wildman–Crippen LogP) is 12.6. The maximum atomic E-state index is 13.8. The van der Waals surface area contributed by atoms with Gasteiger partial charge in [0.15, 0.2) is 0 Å². The molecule has 46 heavy (non-hydrogen) atoms. The summed E-state index contributed by atoms with van der Waals surface area (Å²) in [5, 5.41) is 3.46. The number of nitrogens with one attached hydrogen (secondary N) is 1. The van der Waals surface area contributed by atoms with Gasteiger partial charge in [-0.15, -0.1) is 0 Å². The largest absolute Gasteiger partial charge is 0.358 e. The molecule has 0 unspecified atom stereocenters. The molecule has 0 heterocycles. The van der Waals surface area contributed by atoms with E-state index in [4.69, 9.17) is 0 Å². The number of alkyl halides is 2. The number of hydrogen-bond acceptors (Lipinski definition) is 1. The first kappa shape index (κ1) is 54.2. The summed E-state index contributed by atoms with van der Waals surface area (Å²) in [4.78, 5) is 0. The molecule has 1 nitrogen and oxygen atoms in total. The van der Waals surface area contributed by atoms with Crippen LogP contribution in [0.15, 0.2) is 48.5 Å². The molecule has 0 saturated carbocycles. The van der Waals surface area contributed by atoms with Crippen molar-refractivity contribution in [3.63, 3.8) is 0 Å². The molecule has 0 saturated heterocycles. The van der Waals surface area contributed by atoms with E-state index in [1.165, 1.54) is 81.2 Å². The van der Waals surface area contributed by atoms with Crippen LogP contribution < -0.4 is 5.32 Å². The average Bonchev–Trinajstić information content (AvgIpc) is 3.00. The number of benzene rings is 2. The molecule has 0 amide bonds. The fraction of sp³-hybridized carbons (Fsp3) is 0.561. The zero-order chi connectivity index (χ0) is 34.2. The van der Waals surface area contributed by atoms with E-state index < -0.39 is 5.92 Å². The summed E-state index contributed by atoms with van der Waals surface area (Å²) < 4.78 is 30.8. The summed E-state index contributed by atoms with van der Waals surface area (Å²) in [5.74, 6) is 3.56. The quantitative estimate of drug-likeness (QED) is 0.131. The third-order valence-corrected chi connectivity index (χ3v) is 6.57. The van der Waals surface area contributed by atoms with E-state index in [0.717, 1.165) is 18.4 Å². The van der Waals surface area contributed by atoms with Gasteiger partial charge >= 0.3 is 212 Å². The standard InChI is InChI=1S/C17H12F2.C10H21N.C5H12.C4H10.C3H8.2CH3.2V/c1-3-7-13-10-11-15(14-8-5-4-6-9-14)16(12-13)17(2,18)19;1-3-5-7-9-11-10-8-6-4-2;1-4-5(2)3;1-3-4-2;1-3-2;;;;/h1,4-6,8-12H,2H3;11H,3,5-10H2,1-2H3;5H,4H2,1-3H3;3-4H2,1-2H3;3H2,1-2H3;2*1H3;;/q;;;;;2*-1;;. The molecule has 2 aromatic rings. The molecular weight excluding hydrogens is 646 g/mol. The van der Waals surface area contributed by atoms with Gasteiger partial charge in [-0.25, -0.2) is 0 Å². The molecule has 0 fully saturated rings. The fourth-order valence-electron chi connectivity index (χ4n) is 3.06. The Morgan fingerprint density at radius 1 is 0.870 bits per heavy atom. The Labute approximate surface area is 304 Å². The van der Waals surface area contributed by atoms with Gasteiger partial charge in [0.25, 0.3) is 0 Å². The van der Waals surface area contributed by atoms with Crippen LogP contribution in [0.4, 0.5) is 8.78 Å². The van der Waals surface area contributed by atoms with E-state index in [0.29, 0.717) is 11.1 Å². The first-order valence-corrected chi connectivity index (χ1v) is 18.2. The van der Waals surface area contributed by atoms with Gasteiger partial charge in [-0.2, -0.15) is 0 Å². The van der Waals surface area contributed by atoms with E-state index >= 15 is 0 Å². The molecule has 264 valence electrons. The van der Waals surface area contributed by atoms with Crippen molar-refractivity contribution in [2.75, 3.05) is 13.1 Å². The van der Waals surface area contributed by atoms with Crippen LogP contribution in [0.25, 0.3) is 11.1 Å². The van der Waals surface area contributed by atoms with Gasteiger partial charge in [-0.05, 0) is 5.92 Å². The molecule has 0 aliphatic carbocycles. The molecular formula is C41H69F2NV2-2. The minimum Gasteiger partial charge on any atom is -0.358 e. The third kappa shape index (κ3) is 35.6. The van der Waals surface area contributed by atoms with E-state index in [1.807, 2.05) is 30.3 Å². The van der Waals surface area contributed by atoms with Crippen LogP contribution in [-0.4, -0.2) is 22.0 Å². The average molecular weight is 716 g/mol. The summed E-state index contributed by atoms with van der Waals surface area (Å²) in [5.41, 5.74) is 1.91. The normalized spacial score (nSPS) is 9.28. The SMILES string of the molecule is CC(F)(F)c1cc(C#C[CH]=[V])ccc1-c1ccccc1.CCC.CCC(C)C.CCCC.CCCCCNCCC[C](C)=[V].[CH3-].[CH3-]. The maximum Gasteiger partial charge on any atom is -0.358 e. The molecule has 2 aromatic carbocycles. The zero-order valence-corrected chi connectivity index (χ0v) is 34.5. The minimum absolute atomic E-state index is 0. The third-order valence-electron chi connectivity index (χ3n) is 6.02. The molecule has 0 atom stereocenters. The Bertz CT molecular complexity index is 1000. The Balaban J connectivity index is -0.000000184. The molecule has 5 heteroatoms. The van der Waals surface area contributed by atoms with E-state index in [2.05, 4.69) is 113 Å². The van der Waals surface area contributed by atoms with E-state index in [1.54, 1.807) is 16.9 Å². The molecule has 0 bridgehead atoms. The van der Waals surface area contributed by atoms with Gasteiger partial charge < -0.3 is 14.9 Å². The van der Waals surface area contributed by atoms with Gasteiger partial charge in [0.05, 0.1) is 0 Å². The Hall–Kier alpha value is -1.27. The van der Waals surface area contributed by atoms with Crippen molar-refractivity contribution in [3.8, 4) is 23.0 Å². The van der Waals surface area contributed by atoms with Crippen molar-refractivity contribution in [2.45, 2.75) is 133 Å². The van der Waals surface area contributed by atoms with E-state index in [9.17, 15) is 8.78 Å². The van der Waals surface area contributed by atoms with Gasteiger partial charge in [0.2, 0.25) is 0 Å². The first-order chi connectivity index (χ1) is 20.9. The molecule has 1 N–H and O–H groups in total. The Morgan fingerprint density at radius 3 is 1.80 bits per heavy atom. The van der Waals surface area contributed by atoms with Crippen LogP contribution in [0, 0.1) is 32.6 Å². The second-order valence-electron chi connectivity index (χ2n) is 11.2. The zero-order valence-electron chi connectivity index (χ0n) is 31.7. The summed E-state index contributed by atoms with van der Waals surface area (Å²) in [6.07, 6.45) is 11.7. The number of rotatable bonds is 12. The van der Waals surface area contributed by atoms with Crippen LogP contribution in [0.2, 0.25) is 0 Å². The Kier molecular flexibility index (Phi) is 45.0. The van der Waals surface area contributed by atoms with Crippen molar-refractivity contribution in [1.82, 2.24) is 5.32 Å². The topological polar surface area (TPSA) is 12.0 Å². The van der Waals surface area contributed by atoms with Gasteiger partial charge in [0, 0.05) is 0 Å². The van der Waals surface area contributed by atoms with Gasteiger partial charge in [0.1, 0.15) is 0 Å². The summed E-state index contributed by atoms with van der Waals surface area (Å²) in [7, 11) is 0. The smallest absolute Gasteiger partial charge is 0.358 e. The Morgan fingerprint density at radius 2 is 1.39 bits per heavy atom. The minimum atomic E-state index is -2.91. The van der Waals surface area contributed by atoms with Gasteiger partial charge in [-0.3, -0.25) is 0 Å². The molecule has 0 aliphatic rings. The number of halogens is 2. The second-order valence-corrected chi connectivity index (χ2v) is 12.8. The summed E-state index contributed by atoms with van der Waals surface area (Å²) in [6, 6.07) is 14.1. The van der Waals surface area contributed by atoms with Gasteiger partial charge in [-0.1, -0.05) is 74.1 Å². The molecule has 0 aliphatic heterocycles. The van der Waals surface area contributed by atoms with Crippen LogP contribution in [-0.2, 0) is 39.9 Å². The predicted molar refractivity (Wildman–Crippen MR) is 201 cm³/mol. The molecule has 0 radical (unpaired) electrons. The molecule has 0 spiro atoms. The van der Waals surface area contributed by atoms with Crippen LogP contribution in [0.3, 0.4) is 0 Å². The van der Waals surface area contributed by atoms with Crippen LogP contribution >= 0.6 is 0 Å². The second kappa shape index (κ2) is 38.2. The molecule has 2 rings (SSSR count). The van der Waals surface area contributed by atoms with E-state index in [-0.39, 0.29) is 20.4 Å². The maximum absolute atomic E-state index is 13.8. The molecule has 0 aromatic heterocycles. The van der Waals surface area contributed by atoms with Crippen molar-refractivity contribution < 1.29 is 42.7 Å². The van der Waals surface area contributed by atoms with Crippen molar-refractivity contribution in [3.05, 3.63) is 74.5 Å². The van der Waals surface area contributed by atoms with Crippen LogP contribution in [0.5, 0.6) is 0 Å². The van der Waals surface area contributed by atoms with Crippen molar-refractivity contribution in [1.29, 1.82) is 0 Å². The van der Waals surface area contributed by atoms with Crippen molar-refractivity contribution >= 4 is 8.96 Å². The number of hydrogen-bond donors (Lipinski definition) is 1. The summed E-state index contributed by atoms with van der Waals surface area (Å²) >= 11 is 4.85. The van der Waals surface area contributed by atoms with Crippen LogP contribution in [0.1, 0.15) is 138 Å².